The number of carboxylic acids is 1. The van der Waals surface area contributed by atoms with Gasteiger partial charge in [-0.1, -0.05) is 0 Å². The summed E-state index contributed by atoms with van der Waals surface area (Å²) in [6.07, 6.45) is 0. The van der Waals surface area contributed by atoms with E-state index in [1.54, 1.807) is 0 Å². The fourth-order valence-corrected chi connectivity index (χ4v) is 0. The van der Waals surface area contributed by atoms with Crippen molar-refractivity contribution in [2.45, 2.75) is 6.92 Å². The van der Waals surface area contributed by atoms with Gasteiger partial charge in [-0.3, -0.25) is 0 Å². The topological polar surface area (TPSA) is 40.1 Å². The fraction of sp³-hybridized carbons (Fsp3) is 0.500. The fourth-order valence-electron chi connectivity index (χ4n) is 0. The average Bonchev–Trinajstić information content (AvgIpc) is 0.811. The Morgan fingerprint density at radius 3 is 1.67 bits per heavy atom. The third-order valence-corrected chi connectivity index (χ3v) is 0. The van der Waals surface area contributed by atoms with Crippen molar-refractivity contribution >= 4 is 5.97 Å². The van der Waals surface area contributed by atoms with E-state index in [1.165, 1.54) is 0 Å². The summed E-state index contributed by atoms with van der Waals surface area (Å²) < 4.78 is 0. The van der Waals surface area contributed by atoms with Crippen LogP contribution in [0.3, 0.4) is 0 Å². The number of carboxylic acid groups (broad SMARTS) is 1. The molecule has 2 nitrogen and oxygen atoms in total. The monoisotopic (exact) mass is 157 g/mol. The molecule has 0 spiro atoms. The molecule has 0 rings (SSSR count). The second-order valence-corrected chi connectivity index (χ2v) is 0.492. The Hall–Kier alpha value is 0.279. The quantitative estimate of drug-likeness (QED) is 0.335. The van der Waals surface area contributed by atoms with Crippen LogP contribution in [0.1, 0.15) is 6.92 Å². The molecule has 0 saturated heterocycles. The van der Waals surface area contributed by atoms with Crippen molar-refractivity contribution in [3.05, 3.63) is 0 Å². The van der Waals surface area contributed by atoms with E-state index in [-0.39, 0.29) is 29.5 Å². The summed E-state index contributed by atoms with van der Waals surface area (Å²) in [6.45, 7) is 0.972. The van der Waals surface area contributed by atoms with Gasteiger partial charge in [-0.2, -0.15) is 0 Å². The Labute approximate surface area is 52.8 Å². The summed E-state index contributed by atoms with van der Waals surface area (Å²) in [7, 11) is 0. The molecule has 0 aromatic heterocycles. The zero-order valence-electron chi connectivity index (χ0n) is 3.00. The van der Waals surface area contributed by atoms with E-state index in [0.717, 1.165) is 6.92 Å². The molecule has 0 fully saturated rings. The van der Waals surface area contributed by atoms with E-state index in [0.29, 0.717) is 0 Å². The van der Waals surface area contributed by atoms with Gasteiger partial charge in [-0.25, -0.2) is 0 Å². The van der Waals surface area contributed by atoms with E-state index >= 15 is 0 Å². The molecule has 0 bridgehead atoms. The molecule has 0 aliphatic rings. The van der Waals surface area contributed by atoms with E-state index in [4.69, 9.17) is 9.90 Å². The smallest absolute Gasteiger partial charge is 1.00 e. The van der Waals surface area contributed by atoms with Crippen LogP contribution in [0.5, 0.6) is 0 Å². The van der Waals surface area contributed by atoms with E-state index < -0.39 is 5.97 Å². The maximum atomic E-state index is 8.89. The third-order valence-electron chi connectivity index (χ3n) is 0. The summed E-state index contributed by atoms with van der Waals surface area (Å²) in [6, 6.07) is 0. The van der Waals surface area contributed by atoms with Gasteiger partial charge in [0.2, 0.25) is 0 Å². The average molecular weight is 158 g/mol. The van der Waals surface area contributed by atoms with Crippen LogP contribution in [0.4, 0.5) is 0 Å². The van der Waals surface area contributed by atoms with Crippen molar-refractivity contribution in [1.82, 2.24) is 0 Å². The molecule has 1 radical (unpaired) electrons. The van der Waals surface area contributed by atoms with Crippen molar-refractivity contribution in [2.24, 2.45) is 0 Å². The number of aliphatic carboxylic acids is 1. The zero-order chi connectivity index (χ0) is 3.58. The second-order valence-electron chi connectivity index (χ2n) is 0.492. The van der Waals surface area contributed by atoms with Gasteiger partial charge in [-0.05, 0) is 6.92 Å². The Morgan fingerprint density at radius 2 is 1.67 bits per heavy atom. The minimum atomic E-state index is -1.08. The molecular formula is C2H3ClCuO2. The van der Waals surface area contributed by atoms with E-state index in [9.17, 15) is 0 Å². The van der Waals surface area contributed by atoms with Gasteiger partial charge in [0.25, 0.3) is 0 Å². The molecular weight excluding hydrogens is 155 g/mol. The summed E-state index contributed by atoms with van der Waals surface area (Å²) >= 11 is 0. The molecule has 0 unspecified atom stereocenters. The molecule has 0 N–H and O–H groups in total. The molecule has 0 aliphatic heterocycles. The number of carbonyl (C=O) groups excluding carboxylic acids is 1. The third kappa shape index (κ3) is 589. The number of hydrogen-bond acceptors (Lipinski definition) is 2. The van der Waals surface area contributed by atoms with Gasteiger partial charge >= 0.3 is 17.1 Å². The number of halogens is 1. The van der Waals surface area contributed by atoms with Crippen molar-refractivity contribution in [1.29, 1.82) is 0 Å². The van der Waals surface area contributed by atoms with Crippen molar-refractivity contribution < 1.29 is 39.4 Å². The minimum Gasteiger partial charge on any atom is -1.00 e. The summed E-state index contributed by atoms with van der Waals surface area (Å²) in [4.78, 5) is 8.89. The number of rotatable bonds is 0. The molecule has 0 saturated carbocycles. The Morgan fingerprint density at radius 1 is 1.67 bits per heavy atom. The van der Waals surface area contributed by atoms with Crippen molar-refractivity contribution in [3.63, 3.8) is 0 Å². The molecule has 0 aromatic carbocycles. The van der Waals surface area contributed by atoms with Crippen LogP contribution in [0.15, 0.2) is 0 Å². The van der Waals surface area contributed by atoms with Gasteiger partial charge in [0.15, 0.2) is 0 Å². The molecule has 0 heterocycles. The predicted molar refractivity (Wildman–Crippen MR) is 10.7 cm³/mol. The Balaban J connectivity index is -0.0000000450. The number of hydrogen-bond donors (Lipinski definition) is 0. The summed E-state index contributed by atoms with van der Waals surface area (Å²) in [5.74, 6) is -1.08. The molecule has 6 heavy (non-hydrogen) atoms. The first kappa shape index (κ1) is 16.3. The van der Waals surface area contributed by atoms with Crippen LogP contribution in [0.2, 0.25) is 0 Å². The molecule has 0 amide bonds. The molecule has 41 valence electrons. The van der Waals surface area contributed by atoms with Crippen LogP contribution in [-0.4, -0.2) is 5.97 Å². The van der Waals surface area contributed by atoms with Gasteiger partial charge < -0.3 is 22.3 Å². The van der Waals surface area contributed by atoms with Crippen molar-refractivity contribution in [2.75, 3.05) is 0 Å². The first-order valence-electron chi connectivity index (χ1n) is 0.908. The number of carbonyl (C=O) groups is 1. The van der Waals surface area contributed by atoms with Crippen molar-refractivity contribution in [3.8, 4) is 0 Å². The van der Waals surface area contributed by atoms with Crippen LogP contribution < -0.4 is 17.5 Å². The van der Waals surface area contributed by atoms with Gasteiger partial charge in [0.1, 0.15) is 0 Å². The summed E-state index contributed by atoms with van der Waals surface area (Å²) in [5.41, 5.74) is 0. The van der Waals surface area contributed by atoms with Crippen LogP contribution in [0, 0.1) is 0 Å². The zero-order valence-corrected chi connectivity index (χ0v) is 4.69. The second kappa shape index (κ2) is 8.99. The SMILES string of the molecule is CC(=O)[O-].[Cl-].[Cu+2]. The first-order valence-corrected chi connectivity index (χ1v) is 0.908. The van der Waals surface area contributed by atoms with Gasteiger partial charge in [0, 0.05) is 5.97 Å². The largest absolute Gasteiger partial charge is 2.00 e. The van der Waals surface area contributed by atoms with Gasteiger partial charge in [0.05, 0.1) is 0 Å². The normalized spacial score (nSPS) is 4.17. The van der Waals surface area contributed by atoms with Crippen LogP contribution in [0.25, 0.3) is 0 Å². The minimum absolute atomic E-state index is 0. The maximum Gasteiger partial charge on any atom is 2.00 e. The molecule has 4 heteroatoms. The Bertz CT molecular complexity index is 34.5. The van der Waals surface area contributed by atoms with E-state index in [2.05, 4.69) is 0 Å². The first-order chi connectivity index (χ1) is 1.73. The molecule has 0 atom stereocenters. The van der Waals surface area contributed by atoms with Crippen LogP contribution >= 0.6 is 0 Å². The molecule has 0 aromatic rings. The van der Waals surface area contributed by atoms with E-state index in [1.807, 2.05) is 0 Å². The Kier molecular flexibility index (Phi) is 24.4. The molecule has 0 aliphatic carbocycles. The van der Waals surface area contributed by atoms with Gasteiger partial charge in [-0.15, -0.1) is 0 Å². The summed E-state index contributed by atoms with van der Waals surface area (Å²) in [5, 5.41) is 8.89. The standard InChI is InChI=1S/C2H4O2.ClH.Cu/c1-2(3)4;;/h1H3,(H,3,4);1H;/q;;+2/p-2. The predicted octanol–water partition coefficient (Wildman–Crippen LogP) is -4.24. The maximum absolute atomic E-state index is 8.89. The van der Waals surface area contributed by atoms with Crippen LogP contribution in [-0.2, 0) is 21.9 Å².